The molecule has 0 unspecified atom stereocenters. The van der Waals surface area contributed by atoms with Crippen molar-refractivity contribution in [3.63, 3.8) is 0 Å². The number of hydrogen-bond acceptors (Lipinski definition) is 6. The van der Waals surface area contributed by atoms with Crippen molar-refractivity contribution in [2.24, 2.45) is 0 Å². The fourth-order valence-electron chi connectivity index (χ4n) is 4.00. The van der Waals surface area contributed by atoms with E-state index in [4.69, 9.17) is 33.0 Å². The van der Waals surface area contributed by atoms with E-state index >= 15 is 0 Å². The third kappa shape index (κ3) is 4.30. The number of ether oxygens (including phenoxy) is 1. The van der Waals surface area contributed by atoms with E-state index in [-0.39, 0.29) is 16.4 Å². The molecule has 1 N–H and O–H groups in total. The minimum atomic E-state index is -0.583. The average Bonchev–Trinajstić information content (AvgIpc) is 3.47. The third-order valence-corrected chi connectivity index (χ3v) is 6.22. The molecule has 36 heavy (non-hydrogen) atoms. The van der Waals surface area contributed by atoms with Gasteiger partial charge in [-0.25, -0.2) is 4.79 Å². The number of halogens is 1. The number of para-hydroxylation sites is 1. The topological polar surface area (TPSA) is 93.8 Å². The summed E-state index contributed by atoms with van der Waals surface area (Å²) in [4.78, 5) is 39.1. The molecule has 0 spiro atoms. The Hall–Kier alpha value is -4.21. The zero-order chi connectivity index (χ0) is 25.4. The summed E-state index contributed by atoms with van der Waals surface area (Å²) in [5.41, 5.74) is 1.94. The maximum absolute atomic E-state index is 13.4. The van der Waals surface area contributed by atoms with Gasteiger partial charge in [-0.1, -0.05) is 29.8 Å². The van der Waals surface area contributed by atoms with Crippen LogP contribution in [0.1, 0.15) is 21.9 Å². The first-order valence-electron chi connectivity index (χ1n) is 10.8. The van der Waals surface area contributed by atoms with E-state index in [1.807, 2.05) is 35.0 Å². The first-order chi connectivity index (χ1) is 17.4. The number of benzene rings is 2. The summed E-state index contributed by atoms with van der Waals surface area (Å²) < 4.78 is 12.2. The van der Waals surface area contributed by atoms with Gasteiger partial charge in [-0.15, -0.1) is 0 Å². The summed E-state index contributed by atoms with van der Waals surface area (Å²) in [5.74, 6) is -1.04. The summed E-state index contributed by atoms with van der Waals surface area (Å²) in [6.45, 7) is 0.321. The Kier molecular flexibility index (Phi) is 6.17. The molecule has 1 saturated heterocycles. The highest BCUT2D eigenvalue weighted by Gasteiger charge is 2.34. The van der Waals surface area contributed by atoms with Crippen LogP contribution in [0.4, 0.5) is 5.69 Å². The molecule has 1 aliphatic heterocycles. The van der Waals surface area contributed by atoms with Gasteiger partial charge in [0.1, 0.15) is 11.3 Å². The lowest BCUT2D eigenvalue weighted by molar-refractivity contribution is -0.122. The van der Waals surface area contributed by atoms with Crippen molar-refractivity contribution in [1.82, 2.24) is 9.88 Å². The zero-order valence-electron chi connectivity index (χ0n) is 18.9. The second kappa shape index (κ2) is 9.44. The third-order valence-electron chi connectivity index (χ3n) is 5.68. The molecule has 0 atom stereocenters. The lowest BCUT2D eigenvalue weighted by Crippen LogP contribution is -2.54. The van der Waals surface area contributed by atoms with E-state index in [0.29, 0.717) is 28.6 Å². The number of amides is 2. The van der Waals surface area contributed by atoms with Crippen LogP contribution < -0.4 is 10.2 Å². The van der Waals surface area contributed by atoms with Gasteiger partial charge in [0.25, 0.3) is 11.8 Å². The van der Waals surface area contributed by atoms with E-state index in [1.165, 1.54) is 12.0 Å². The van der Waals surface area contributed by atoms with Crippen LogP contribution in [0.2, 0.25) is 5.02 Å². The number of aromatic nitrogens is 1. The van der Waals surface area contributed by atoms with Gasteiger partial charge in [0.2, 0.25) is 5.76 Å². The van der Waals surface area contributed by atoms with Crippen molar-refractivity contribution in [3.8, 4) is 0 Å². The number of furan rings is 1. The Morgan fingerprint density at radius 3 is 2.61 bits per heavy atom. The molecule has 0 saturated carbocycles. The average molecular weight is 520 g/mol. The largest absolute Gasteiger partial charge is 0.463 e. The summed E-state index contributed by atoms with van der Waals surface area (Å²) in [6, 6.07) is 17.4. The minimum Gasteiger partial charge on any atom is -0.463 e. The van der Waals surface area contributed by atoms with Crippen LogP contribution in [0.5, 0.6) is 0 Å². The summed E-state index contributed by atoms with van der Waals surface area (Å²) in [6.07, 6.45) is 3.36. The van der Waals surface area contributed by atoms with E-state index < -0.39 is 17.8 Å². The molecule has 5 rings (SSSR count). The number of carbonyl (C=O) groups excluding carboxylic acids is 3. The van der Waals surface area contributed by atoms with Gasteiger partial charge in [-0.2, -0.15) is 0 Å². The van der Waals surface area contributed by atoms with Crippen molar-refractivity contribution in [3.05, 3.63) is 94.5 Å². The molecule has 8 nitrogen and oxygen atoms in total. The highest BCUT2D eigenvalue weighted by molar-refractivity contribution is 7.80. The van der Waals surface area contributed by atoms with E-state index in [2.05, 4.69) is 5.32 Å². The molecular weight excluding hydrogens is 502 g/mol. The van der Waals surface area contributed by atoms with Gasteiger partial charge in [0.05, 0.1) is 19.3 Å². The first-order valence-corrected chi connectivity index (χ1v) is 11.6. The second-order valence-corrected chi connectivity index (χ2v) is 8.74. The fourth-order valence-corrected chi connectivity index (χ4v) is 4.41. The van der Waals surface area contributed by atoms with E-state index in [9.17, 15) is 14.4 Å². The number of nitrogens with zero attached hydrogens (tertiary/aromatic N) is 2. The second-order valence-electron chi connectivity index (χ2n) is 7.92. The zero-order valence-corrected chi connectivity index (χ0v) is 20.4. The molecule has 2 aromatic heterocycles. The Balaban J connectivity index is 1.53. The van der Waals surface area contributed by atoms with Crippen LogP contribution in [-0.2, 0) is 20.9 Å². The standard InChI is InChI=1S/C26H18ClN3O5S/c1-34-25(33)22-11-10-18(35-22)14-29-13-15(19-4-2-3-5-21(19)29)12-20-23(31)28-26(36)30(24(20)32)17-8-6-16(27)7-9-17/h2-13H,14H2,1H3,(H,28,31,36)/b20-12+. The van der Waals surface area contributed by atoms with Gasteiger partial charge < -0.3 is 13.7 Å². The number of anilines is 1. The Morgan fingerprint density at radius 2 is 1.86 bits per heavy atom. The number of carbonyl (C=O) groups is 3. The Labute approximate surface area is 215 Å². The van der Waals surface area contributed by atoms with Crippen LogP contribution >= 0.6 is 23.8 Å². The predicted octanol–water partition coefficient (Wildman–Crippen LogP) is 4.55. The number of methoxy groups -OCH3 is 1. The molecule has 1 aliphatic rings. The van der Waals surface area contributed by atoms with Crippen molar-refractivity contribution < 1.29 is 23.5 Å². The monoisotopic (exact) mass is 519 g/mol. The molecule has 2 amide bonds. The van der Waals surface area contributed by atoms with Gasteiger partial charge in [0.15, 0.2) is 5.11 Å². The molecule has 4 aromatic rings. The van der Waals surface area contributed by atoms with Crippen molar-refractivity contribution in [2.45, 2.75) is 6.54 Å². The van der Waals surface area contributed by atoms with Crippen LogP contribution in [-0.4, -0.2) is 34.6 Å². The molecule has 180 valence electrons. The first kappa shape index (κ1) is 23.5. The molecule has 2 aromatic carbocycles. The quantitative estimate of drug-likeness (QED) is 0.180. The molecular formula is C26H18ClN3O5S. The summed E-state index contributed by atoms with van der Waals surface area (Å²) in [7, 11) is 1.28. The van der Waals surface area contributed by atoms with E-state index in [1.54, 1.807) is 42.5 Å². The number of nitrogens with one attached hydrogen (secondary N) is 1. The highest BCUT2D eigenvalue weighted by Crippen LogP contribution is 2.28. The van der Waals surface area contributed by atoms with Crippen molar-refractivity contribution in [1.29, 1.82) is 0 Å². The maximum atomic E-state index is 13.4. The number of thiocarbonyl (C=S) groups is 1. The van der Waals surface area contributed by atoms with Gasteiger partial charge in [0, 0.05) is 27.7 Å². The van der Waals surface area contributed by atoms with Gasteiger partial charge >= 0.3 is 5.97 Å². The number of esters is 1. The Morgan fingerprint density at radius 1 is 1.11 bits per heavy atom. The van der Waals surface area contributed by atoms with Crippen LogP contribution in [0.3, 0.4) is 0 Å². The lowest BCUT2D eigenvalue weighted by atomic mass is 10.1. The molecule has 0 bridgehead atoms. The summed E-state index contributed by atoms with van der Waals surface area (Å²) in [5, 5.41) is 3.92. The van der Waals surface area contributed by atoms with Crippen LogP contribution in [0.25, 0.3) is 17.0 Å². The number of fused-ring (bicyclic) bond motifs is 1. The van der Waals surface area contributed by atoms with Crippen LogP contribution in [0.15, 0.2) is 76.9 Å². The summed E-state index contributed by atoms with van der Waals surface area (Å²) >= 11 is 11.2. The van der Waals surface area contributed by atoms with Gasteiger partial charge in [-0.3, -0.25) is 19.8 Å². The van der Waals surface area contributed by atoms with Crippen molar-refractivity contribution >= 4 is 69.4 Å². The fraction of sp³-hybridized carbons (Fsp3) is 0.0769. The molecule has 1 fully saturated rings. The Bertz CT molecular complexity index is 1570. The SMILES string of the molecule is COC(=O)c1ccc(Cn2cc(/C=C3\C(=O)NC(=S)N(c4ccc(Cl)cc4)C3=O)c3ccccc32)o1. The lowest BCUT2D eigenvalue weighted by Gasteiger charge is -2.28. The van der Waals surface area contributed by atoms with E-state index in [0.717, 1.165) is 10.9 Å². The normalized spacial score (nSPS) is 15.0. The smallest absolute Gasteiger partial charge is 0.373 e. The minimum absolute atomic E-state index is 0.00821. The number of rotatable bonds is 5. The van der Waals surface area contributed by atoms with Gasteiger partial charge in [-0.05, 0) is 60.8 Å². The highest BCUT2D eigenvalue weighted by atomic mass is 35.5. The maximum Gasteiger partial charge on any atom is 0.373 e. The number of hydrogen-bond donors (Lipinski definition) is 1. The van der Waals surface area contributed by atoms with Crippen molar-refractivity contribution in [2.75, 3.05) is 12.0 Å². The predicted molar refractivity (Wildman–Crippen MR) is 139 cm³/mol. The molecule has 0 aliphatic carbocycles. The van der Waals surface area contributed by atoms with Crippen LogP contribution in [0, 0.1) is 0 Å². The molecule has 0 radical (unpaired) electrons. The molecule has 10 heteroatoms. The molecule has 3 heterocycles.